The Morgan fingerprint density at radius 1 is 1.15 bits per heavy atom. The Kier molecular flexibility index (Phi) is 4.69. The number of carbonyl (C=O) groups is 1. The van der Waals surface area contributed by atoms with Crippen LogP contribution in [0.5, 0.6) is 11.5 Å². The fourth-order valence-corrected chi connectivity index (χ4v) is 2.80. The molecule has 0 bridgehead atoms. The zero-order valence-electron chi connectivity index (χ0n) is 14.9. The number of carbonyl (C=O) groups excluding carboxylic acids is 1. The molecule has 2 aromatic carbocycles. The third kappa shape index (κ3) is 3.89. The number of amides is 1. The van der Waals surface area contributed by atoms with Crippen LogP contribution >= 0.6 is 0 Å². The Hall–Kier alpha value is -3.42. The third-order valence-electron chi connectivity index (χ3n) is 4.40. The van der Waals surface area contributed by atoms with Gasteiger partial charge in [0.1, 0.15) is 23.9 Å². The monoisotopic (exact) mass is 365 g/mol. The molecule has 0 N–H and O–H groups in total. The van der Waals surface area contributed by atoms with Gasteiger partial charge in [0.2, 0.25) is 0 Å². The van der Waals surface area contributed by atoms with Gasteiger partial charge in [-0.2, -0.15) is 0 Å². The Labute approximate surface area is 156 Å². The van der Waals surface area contributed by atoms with E-state index in [0.29, 0.717) is 18.8 Å². The molecular formula is C19H19N5O3. The molecule has 1 amide bonds. The summed E-state index contributed by atoms with van der Waals surface area (Å²) in [6.45, 7) is 3.17. The van der Waals surface area contributed by atoms with Gasteiger partial charge in [-0.15, -0.1) is 5.10 Å². The lowest BCUT2D eigenvalue weighted by Crippen LogP contribution is -2.57. The molecule has 4 rings (SSSR count). The third-order valence-corrected chi connectivity index (χ3v) is 4.40. The van der Waals surface area contributed by atoms with Crippen LogP contribution in [-0.2, 0) is 4.79 Å². The van der Waals surface area contributed by atoms with Gasteiger partial charge >= 0.3 is 0 Å². The summed E-state index contributed by atoms with van der Waals surface area (Å²) < 4.78 is 13.0. The molecule has 3 aromatic rings. The smallest absolute Gasteiger partial charge is 0.260 e. The van der Waals surface area contributed by atoms with Crippen LogP contribution in [0.25, 0.3) is 5.69 Å². The van der Waals surface area contributed by atoms with Crippen molar-refractivity contribution in [3.63, 3.8) is 0 Å². The summed E-state index contributed by atoms with van der Waals surface area (Å²) in [5, 5.41) is 11.0. The van der Waals surface area contributed by atoms with Gasteiger partial charge in [0.25, 0.3) is 5.91 Å². The number of nitrogens with zero attached hydrogens (tertiary/aromatic N) is 5. The SMILES string of the molecule is Cc1ccccc1OC1CN(C(=O)COc2ccc(-n3cnnn3)cc2)C1. The number of para-hydroxylation sites is 1. The molecule has 0 saturated carbocycles. The second kappa shape index (κ2) is 7.45. The van der Waals surface area contributed by atoms with E-state index in [-0.39, 0.29) is 18.6 Å². The summed E-state index contributed by atoms with van der Waals surface area (Å²) in [6, 6.07) is 15.1. The molecule has 0 radical (unpaired) electrons. The Morgan fingerprint density at radius 3 is 2.63 bits per heavy atom. The predicted octanol–water partition coefficient (Wildman–Crippen LogP) is 1.64. The average molecular weight is 365 g/mol. The van der Waals surface area contributed by atoms with Gasteiger partial charge in [0.15, 0.2) is 6.61 Å². The fourth-order valence-electron chi connectivity index (χ4n) is 2.80. The standard InChI is InChI=1S/C19H19N5O3/c1-14-4-2-3-5-18(14)27-17-10-23(11-17)19(25)12-26-16-8-6-15(7-9-16)24-13-20-21-22-24/h2-9,13,17H,10-12H2,1H3. The van der Waals surface area contributed by atoms with Gasteiger partial charge < -0.3 is 14.4 Å². The van der Waals surface area contributed by atoms with Crippen LogP contribution in [0.1, 0.15) is 5.56 Å². The average Bonchev–Trinajstić information content (AvgIpc) is 3.19. The topological polar surface area (TPSA) is 82.4 Å². The summed E-state index contributed by atoms with van der Waals surface area (Å²) in [5.74, 6) is 1.44. The number of likely N-dealkylation sites (tertiary alicyclic amines) is 1. The fraction of sp³-hybridized carbons (Fsp3) is 0.263. The maximum atomic E-state index is 12.2. The number of aryl methyl sites for hydroxylation is 1. The zero-order chi connectivity index (χ0) is 18.6. The van der Waals surface area contributed by atoms with Crippen LogP contribution in [0.4, 0.5) is 0 Å². The van der Waals surface area contributed by atoms with E-state index in [1.54, 1.807) is 21.7 Å². The summed E-state index contributed by atoms with van der Waals surface area (Å²) >= 11 is 0. The molecule has 1 aliphatic heterocycles. The van der Waals surface area contributed by atoms with Crippen molar-refractivity contribution in [1.82, 2.24) is 25.1 Å². The van der Waals surface area contributed by atoms with E-state index < -0.39 is 0 Å². The molecule has 138 valence electrons. The maximum Gasteiger partial charge on any atom is 0.260 e. The van der Waals surface area contributed by atoms with Crippen LogP contribution in [0.2, 0.25) is 0 Å². The predicted molar refractivity (Wildman–Crippen MR) is 96.8 cm³/mol. The van der Waals surface area contributed by atoms with E-state index in [1.807, 2.05) is 43.3 Å². The van der Waals surface area contributed by atoms with E-state index in [0.717, 1.165) is 17.0 Å². The van der Waals surface area contributed by atoms with E-state index in [9.17, 15) is 4.79 Å². The molecule has 1 aromatic heterocycles. The number of tetrazole rings is 1. The van der Waals surface area contributed by atoms with Crippen molar-refractivity contribution < 1.29 is 14.3 Å². The number of rotatable bonds is 6. The van der Waals surface area contributed by atoms with E-state index in [2.05, 4.69) is 15.5 Å². The number of hydrogen-bond acceptors (Lipinski definition) is 6. The largest absolute Gasteiger partial charge is 0.486 e. The minimum atomic E-state index is -0.0517. The van der Waals surface area contributed by atoms with Crippen molar-refractivity contribution >= 4 is 5.91 Å². The van der Waals surface area contributed by atoms with Crippen LogP contribution < -0.4 is 9.47 Å². The molecule has 1 aliphatic rings. The molecule has 2 heterocycles. The highest BCUT2D eigenvalue weighted by Crippen LogP contribution is 2.22. The first kappa shape index (κ1) is 17.0. The van der Waals surface area contributed by atoms with Crippen molar-refractivity contribution in [1.29, 1.82) is 0 Å². The normalized spacial score (nSPS) is 13.9. The van der Waals surface area contributed by atoms with E-state index in [4.69, 9.17) is 9.47 Å². The van der Waals surface area contributed by atoms with Crippen LogP contribution in [-0.4, -0.2) is 56.8 Å². The molecule has 27 heavy (non-hydrogen) atoms. The van der Waals surface area contributed by atoms with E-state index >= 15 is 0 Å². The van der Waals surface area contributed by atoms with Crippen molar-refractivity contribution in [2.75, 3.05) is 19.7 Å². The van der Waals surface area contributed by atoms with E-state index in [1.165, 1.54) is 6.33 Å². The molecule has 0 spiro atoms. The minimum Gasteiger partial charge on any atom is -0.486 e. The van der Waals surface area contributed by atoms with Crippen molar-refractivity contribution in [2.24, 2.45) is 0 Å². The van der Waals surface area contributed by atoms with Crippen LogP contribution in [0, 0.1) is 6.92 Å². The lowest BCUT2D eigenvalue weighted by molar-refractivity contribution is -0.142. The molecule has 0 unspecified atom stereocenters. The first-order valence-electron chi connectivity index (χ1n) is 8.65. The number of aromatic nitrogens is 4. The van der Waals surface area contributed by atoms with Crippen LogP contribution in [0.3, 0.4) is 0 Å². The number of ether oxygens (including phenoxy) is 2. The van der Waals surface area contributed by atoms with Gasteiger partial charge in [-0.25, -0.2) is 4.68 Å². The summed E-state index contributed by atoms with van der Waals surface area (Å²) in [7, 11) is 0. The second-order valence-corrected chi connectivity index (χ2v) is 6.34. The Morgan fingerprint density at radius 2 is 1.93 bits per heavy atom. The van der Waals surface area contributed by atoms with Gasteiger partial charge in [-0.05, 0) is 53.2 Å². The first-order chi connectivity index (χ1) is 13.2. The maximum absolute atomic E-state index is 12.2. The van der Waals surface area contributed by atoms with Crippen molar-refractivity contribution in [2.45, 2.75) is 13.0 Å². The molecule has 1 fully saturated rings. The Balaban J connectivity index is 1.23. The zero-order valence-corrected chi connectivity index (χ0v) is 14.9. The molecular weight excluding hydrogens is 346 g/mol. The van der Waals surface area contributed by atoms with Gasteiger partial charge in [0, 0.05) is 0 Å². The summed E-state index contributed by atoms with van der Waals surface area (Å²) in [6.07, 6.45) is 1.55. The summed E-state index contributed by atoms with van der Waals surface area (Å²) in [5.41, 5.74) is 1.91. The minimum absolute atomic E-state index is 0.00130. The quantitative estimate of drug-likeness (QED) is 0.660. The van der Waals surface area contributed by atoms with Crippen molar-refractivity contribution in [3.8, 4) is 17.2 Å². The molecule has 0 atom stereocenters. The lowest BCUT2D eigenvalue weighted by Gasteiger charge is -2.39. The van der Waals surface area contributed by atoms with Crippen LogP contribution in [0.15, 0.2) is 54.9 Å². The highest BCUT2D eigenvalue weighted by molar-refractivity contribution is 5.78. The van der Waals surface area contributed by atoms with Gasteiger partial charge in [0.05, 0.1) is 18.8 Å². The molecule has 1 saturated heterocycles. The number of benzene rings is 2. The lowest BCUT2D eigenvalue weighted by atomic mass is 10.1. The summed E-state index contributed by atoms with van der Waals surface area (Å²) in [4.78, 5) is 14.0. The Bertz CT molecular complexity index is 905. The van der Waals surface area contributed by atoms with Crippen molar-refractivity contribution in [3.05, 3.63) is 60.4 Å². The van der Waals surface area contributed by atoms with Gasteiger partial charge in [-0.3, -0.25) is 4.79 Å². The molecule has 0 aliphatic carbocycles. The number of hydrogen-bond donors (Lipinski definition) is 0. The highest BCUT2D eigenvalue weighted by atomic mass is 16.5. The van der Waals surface area contributed by atoms with Gasteiger partial charge in [-0.1, -0.05) is 18.2 Å². The second-order valence-electron chi connectivity index (χ2n) is 6.34. The molecule has 8 nitrogen and oxygen atoms in total. The highest BCUT2D eigenvalue weighted by Gasteiger charge is 2.32. The molecule has 8 heteroatoms. The first-order valence-corrected chi connectivity index (χ1v) is 8.65.